The number of carbonyl (C=O) groups is 3. The second-order valence-corrected chi connectivity index (χ2v) is 8.56. The zero-order chi connectivity index (χ0) is 21.5. The summed E-state index contributed by atoms with van der Waals surface area (Å²) in [6, 6.07) is 0. The van der Waals surface area contributed by atoms with Gasteiger partial charge in [0.25, 0.3) is 0 Å². The van der Waals surface area contributed by atoms with Gasteiger partial charge in [0.2, 0.25) is 5.91 Å². The first-order valence-corrected chi connectivity index (χ1v) is 11.4. The Labute approximate surface area is 174 Å². The minimum atomic E-state index is -0.308. The summed E-state index contributed by atoms with van der Waals surface area (Å²) in [6.07, 6.45) is 5.76. The van der Waals surface area contributed by atoms with Gasteiger partial charge >= 0.3 is 0 Å². The zero-order valence-electron chi connectivity index (χ0n) is 18.3. The molecule has 0 saturated heterocycles. The number of nitrogens with one attached hydrogen (secondary N) is 1. The van der Waals surface area contributed by atoms with Crippen LogP contribution >= 0.6 is 11.8 Å². The molecule has 1 N–H and O–H groups in total. The fourth-order valence-corrected chi connectivity index (χ4v) is 3.45. The Morgan fingerprint density at radius 2 is 1.71 bits per heavy atom. The van der Waals surface area contributed by atoms with Crippen LogP contribution in [0, 0.1) is 0 Å². The fourth-order valence-electron chi connectivity index (χ4n) is 2.88. The van der Waals surface area contributed by atoms with Crippen molar-refractivity contribution in [1.29, 1.82) is 0 Å². The van der Waals surface area contributed by atoms with Crippen LogP contribution in [0.4, 0.5) is 0 Å². The van der Waals surface area contributed by atoms with Crippen LogP contribution in [0.25, 0.3) is 0 Å². The molecule has 0 rings (SSSR count). The fraction of sp³-hybridized carbons (Fsp3) is 0.857. The summed E-state index contributed by atoms with van der Waals surface area (Å²) in [4.78, 5) is 33.3. The molecule has 0 aromatic carbocycles. The molecule has 0 aliphatic heterocycles. The third-order valence-electron chi connectivity index (χ3n) is 5.30. The molecular weight excluding hydrogens is 378 g/mol. The first kappa shape index (κ1) is 27.1. The zero-order valence-corrected chi connectivity index (χ0v) is 19.1. The maximum absolute atomic E-state index is 11.8. The van der Waals surface area contributed by atoms with Gasteiger partial charge in [0.15, 0.2) is 5.12 Å². The van der Waals surface area contributed by atoms with Gasteiger partial charge in [0, 0.05) is 32.1 Å². The van der Waals surface area contributed by atoms with Crippen molar-refractivity contribution >= 4 is 29.1 Å². The van der Waals surface area contributed by atoms with E-state index >= 15 is 0 Å². The van der Waals surface area contributed by atoms with Crippen molar-refractivity contribution in [3.05, 3.63) is 0 Å². The lowest BCUT2D eigenvalue weighted by atomic mass is 9.92. The number of ether oxygens (including phenoxy) is 2. The highest BCUT2D eigenvalue weighted by Gasteiger charge is 2.29. The van der Waals surface area contributed by atoms with Crippen molar-refractivity contribution in [1.82, 2.24) is 5.32 Å². The van der Waals surface area contributed by atoms with E-state index in [4.69, 9.17) is 9.47 Å². The minimum absolute atomic E-state index is 0.0325. The summed E-state index contributed by atoms with van der Waals surface area (Å²) in [6.45, 7) is 11.4. The van der Waals surface area contributed by atoms with Gasteiger partial charge in [-0.15, -0.1) is 0 Å². The molecule has 0 spiro atoms. The van der Waals surface area contributed by atoms with Crippen molar-refractivity contribution < 1.29 is 23.9 Å². The van der Waals surface area contributed by atoms with Crippen molar-refractivity contribution in [3.8, 4) is 0 Å². The molecule has 0 aliphatic rings. The van der Waals surface area contributed by atoms with Crippen molar-refractivity contribution in [2.24, 2.45) is 0 Å². The average molecular weight is 418 g/mol. The van der Waals surface area contributed by atoms with E-state index < -0.39 is 0 Å². The number of rotatable bonds is 17. The van der Waals surface area contributed by atoms with Gasteiger partial charge in [-0.05, 0) is 39.0 Å². The molecule has 1 unspecified atom stereocenters. The highest BCUT2D eigenvalue weighted by atomic mass is 32.2. The third-order valence-corrected chi connectivity index (χ3v) is 6.11. The number of thioether (sulfide) groups is 1. The molecule has 0 aromatic heterocycles. The Bertz CT molecular complexity index is 468. The van der Waals surface area contributed by atoms with E-state index in [9.17, 15) is 14.4 Å². The van der Waals surface area contributed by atoms with Crippen LogP contribution in [0.15, 0.2) is 0 Å². The highest BCUT2D eigenvalue weighted by molar-refractivity contribution is 8.13. The molecule has 28 heavy (non-hydrogen) atoms. The molecule has 0 fully saturated rings. The minimum Gasteiger partial charge on any atom is -0.375 e. The van der Waals surface area contributed by atoms with Crippen LogP contribution in [-0.2, 0) is 23.9 Å². The second kappa shape index (κ2) is 15.0. The summed E-state index contributed by atoms with van der Waals surface area (Å²) in [7, 11) is 0. The van der Waals surface area contributed by atoms with E-state index in [0.717, 1.165) is 38.4 Å². The lowest BCUT2D eigenvalue weighted by Gasteiger charge is -2.35. The van der Waals surface area contributed by atoms with Crippen LogP contribution in [0.1, 0.15) is 79.6 Å². The summed E-state index contributed by atoms with van der Waals surface area (Å²) < 4.78 is 12.2. The molecule has 0 aliphatic carbocycles. The first-order valence-electron chi connectivity index (χ1n) is 10.4. The number of amides is 1. The van der Waals surface area contributed by atoms with E-state index in [0.29, 0.717) is 38.4 Å². The molecule has 0 radical (unpaired) electrons. The van der Waals surface area contributed by atoms with Crippen molar-refractivity contribution in [2.75, 3.05) is 25.5 Å². The van der Waals surface area contributed by atoms with Gasteiger partial charge in [0.05, 0.1) is 24.4 Å². The molecule has 1 atom stereocenters. The van der Waals surface area contributed by atoms with Crippen LogP contribution in [-0.4, -0.2) is 54.0 Å². The Kier molecular flexibility index (Phi) is 14.5. The standard InChI is InChI=1S/C21H39NO5S/c1-6-20(5,11-13-22-19(25)10-17-28-18(4)24)26-16-12-21(7-2,8-3)27-15-9-14-23/h14H,6-13,15-17H2,1-5H3,(H,22,25). The normalized spacial score (nSPS) is 13.8. The molecule has 0 saturated carbocycles. The molecule has 7 heteroatoms. The Morgan fingerprint density at radius 1 is 1.04 bits per heavy atom. The van der Waals surface area contributed by atoms with E-state index in [1.807, 2.05) is 0 Å². The molecule has 0 aromatic rings. The van der Waals surface area contributed by atoms with Gasteiger partial charge in [-0.2, -0.15) is 0 Å². The topological polar surface area (TPSA) is 81.7 Å². The molecular formula is C21H39NO5S. The van der Waals surface area contributed by atoms with E-state index in [2.05, 4.69) is 33.0 Å². The van der Waals surface area contributed by atoms with Crippen LogP contribution in [0.2, 0.25) is 0 Å². The molecule has 1 amide bonds. The number of carbonyl (C=O) groups excluding carboxylic acids is 3. The van der Waals surface area contributed by atoms with Gasteiger partial charge in [-0.1, -0.05) is 32.5 Å². The number of hydrogen-bond donors (Lipinski definition) is 1. The maximum atomic E-state index is 11.8. The lowest BCUT2D eigenvalue weighted by Crippen LogP contribution is -2.38. The Hall–Kier alpha value is -0.920. The predicted molar refractivity (Wildman–Crippen MR) is 115 cm³/mol. The van der Waals surface area contributed by atoms with E-state index in [1.165, 1.54) is 18.7 Å². The van der Waals surface area contributed by atoms with Crippen LogP contribution < -0.4 is 5.32 Å². The van der Waals surface area contributed by atoms with Crippen molar-refractivity contribution in [2.45, 2.75) is 90.8 Å². The van der Waals surface area contributed by atoms with Crippen LogP contribution in [0.3, 0.4) is 0 Å². The molecule has 6 nitrogen and oxygen atoms in total. The number of hydrogen-bond acceptors (Lipinski definition) is 6. The first-order chi connectivity index (χ1) is 13.3. The van der Waals surface area contributed by atoms with Gasteiger partial charge in [-0.25, -0.2) is 0 Å². The molecule has 0 heterocycles. The van der Waals surface area contributed by atoms with Crippen LogP contribution in [0.5, 0.6) is 0 Å². The van der Waals surface area contributed by atoms with E-state index in [1.54, 1.807) is 0 Å². The average Bonchev–Trinajstić information content (AvgIpc) is 2.66. The van der Waals surface area contributed by atoms with Gasteiger partial charge in [0.1, 0.15) is 6.29 Å². The number of aldehydes is 1. The van der Waals surface area contributed by atoms with Crippen molar-refractivity contribution in [3.63, 3.8) is 0 Å². The van der Waals surface area contributed by atoms with Gasteiger partial charge in [-0.3, -0.25) is 9.59 Å². The van der Waals surface area contributed by atoms with Gasteiger partial charge < -0.3 is 19.6 Å². The maximum Gasteiger partial charge on any atom is 0.220 e. The monoisotopic (exact) mass is 417 g/mol. The summed E-state index contributed by atoms with van der Waals surface area (Å²) >= 11 is 1.17. The largest absolute Gasteiger partial charge is 0.375 e. The third kappa shape index (κ3) is 11.8. The smallest absolute Gasteiger partial charge is 0.220 e. The lowest BCUT2D eigenvalue weighted by molar-refractivity contribution is -0.121. The summed E-state index contributed by atoms with van der Waals surface area (Å²) in [5.41, 5.74) is -0.558. The summed E-state index contributed by atoms with van der Waals surface area (Å²) in [5, 5.41) is 2.94. The Balaban J connectivity index is 4.35. The SMILES string of the molecule is CCC(C)(CCNC(=O)CCSC(C)=O)OCCC(CC)(CC)OCCC=O. The quantitative estimate of drug-likeness (QED) is 0.285. The predicted octanol–water partition coefficient (Wildman–Crippen LogP) is 3.90. The van der Waals surface area contributed by atoms with E-state index in [-0.39, 0.29) is 22.2 Å². The highest BCUT2D eigenvalue weighted by Crippen LogP contribution is 2.27. The Morgan fingerprint density at radius 3 is 2.25 bits per heavy atom. The second-order valence-electron chi connectivity index (χ2n) is 7.29. The molecule has 0 bridgehead atoms. The molecule has 164 valence electrons. The summed E-state index contributed by atoms with van der Waals surface area (Å²) in [5.74, 6) is 0.481.